The third-order valence-corrected chi connectivity index (χ3v) is 1.56. The van der Waals surface area contributed by atoms with Gasteiger partial charge in [-0.05, 0) is 18.6 Å². The van der Waals surface area contributed by atoms with Crippen molar-refractivity contribution in [1.82, 2.24) is 9.78 Å². The molecule has 0 aliphatic heterocycles. The number of carbonyl (C=O) groups is 1. The Bertz CT molecular complexity index is 326. The standard InChI is InChI=1S/C8H10N2O2/c1-6(5-8(11)12)7-3-4-9-10(7)2/h3-5H,1-2H3,(H,11,12)/b6-5+. The lowest BCUT2D eigenvalue weighted by Crippen LogP contribution is -1.97. The van der Waals surface area contributed by atoms with Crippen LogP contribution in [0.3, 0.4) is 0 Å². The molecule has 0 spiro atoms. The number of hydrogen-bond donors (Lipinski definition) is 1. The van der Waals surface area contributed by atoms with Crippen LogP contribution >= 0.6 is 0 Å². The average Bonchev–Trinajstić information content (AvgIpc) is 2.33. The van der Waals surface area contributed by atoms with Crippen molar-refractivity contribution in [2.45, 2.75) is 6.92 Å². The van der Waals surface area contributed by atoms with Gasteiger partial charge in [0, 0.05) is 19.3 Å². The number of aliphatic carboxylic acids is 1. The zero-order chi connectivity index (χ0) is 9.14. The van der Waals surface area contributed by atoms with Crippen molar-refractivity contribution in [2.75, 3.05) is 0 Å². The molecule has 0 aliphatic carbocycles. The van der Waals surface area contributed by atoms with Crippen molar-refractivity contribution in [3.05, 3.63) is 24.0 Å². The van der Waals surface area contributed by atoms with E-state index in [1.165, 1.54) is 0 Å². The molecule has 1 rings (SSSR count). The van der Waals surface area contributed by atoms with E-state index in [1.54, 1.807) is 30.9 Å². The molecule has 0 aromatic carbocycles. The molecular formula is C8H10N2O2. The van der Waals surface area contributed by atoms with Crippen LogP contribution in [0.1, 0.15) is 12.6 Å². The zero-order valence-corrected chi connectivity index (χ0v) is 6.98. The largest absolute Gasteiger partial charge is 0.478 e. The minimum absolute atomic E-state index is 0.697. The van der Waals surface area contributed by atoms with E-state index in [0.29, 0.717) is 5.57 Å². The number of hydrogen-bond acceptors (Lipinski definition) is 2. The molecule has 1 aromatic rings. The molecule has 4 heteroatoms. The Labute approximate surface area is 70.1 Å². The van der Waals surface area contributed by atoms with E-state index in [0.717, 1.165) is 11.8 Å². The fraction of sp³-hybridized carbons (Fsp3) is 0.250. The van der Waals surface area contributed by atoms with Crippen LogP contribution in [0, 0.1) is 0 Å². The topological polar surface area (TPSA) is 55.1 Å². The molecule has 1 heterocycles. The molecule has 0 amide bonds. The molecule has 4 nitrogen and oxygen atoms in total. The van der Waals surface area contributed by atoms with Gasteiger partial charge in [-0.2, -0.15) is 5.10 Å². The van der Waals surface area contributed by atoms with Gasteiger partial charge in [-0.3, -0.25) is 4.68 Å². The van der Waals surface area contributed by atoms with E-state index < -0.39 is 5.97 Å². The minimum Gasteiger partial charge on any atom is -0.478 e. The van der Waals surface area contributed by atoms with Crippen molar-refractivity contribution in [1.29, 1.82) is 0 Å². The summed E-state index contributed by atoms with van der Waals surface area (Å²) < 4.78 is 1.63. The summed E-state index contributed by atoms with van der Waals surface area (Å²) >= 11 is 0. The Morgan fingerprint density at radius 1 is 1.75 bits per heavy atom. The first-order chi connectivity index (χ1) is 5.61. The van der Waals surface area contributed by atoms with Crippen molar-refractivity contribution < 1.29 is 9.90 Å². The first-order valence-electron chi connectivity index (χ1n) is 3.51. The van der Waals surface area contributed by atoms with E-state index in [4.69, 9.17) is 5.11 Å². The Hall–Kier alpha value is -1.58. The van der Waals surface area contributed by atoms with Gasteiger partial charge in [0.15, 0.2) is 0 Å². The zero-order valence-electron chi connectivity index (χ0n) is 6.98. The summed E-state index contributed by atoms with van der Waals surface area (Å²) in [6, 6.07) is 1.77. The van der Waals surface area contributed by atoms with Crippen LogP contribution in [0.2, 0.25) is 0 Å². The van der Waals surface area contributed by atoms with E-state index in [9.17, 15) is 4.79 Å². The summed E-state index contributed by atoms with van der Waals surface area (Å²) in [4.78, 5) is 10.3. The van der Waals surface area contributed by atoms with Crippen LogP contribution in [0.25, 0.3) is 5.57 Å². The molecule has 0 saturated heterocycles. The highest BCUT2D eigenvalue weighted by Gasteiger charge is 2.01. The summed E-state index contributed by atoms with van der Waals surface area (Å²) in [6.07, 6.45) is 2.80. The molecule has 0 bridgehead atoms. The predicted octanol–water partition coefficient (Wildman–Crippen LogP) is 0.908. The molecule has 1 aromatic heterocycles. The van der Waals surface area contributed by atoms with Crippen molar-refractivity contribution in [3.63, 3.8) is 0 Å². The first kappa shape index (κ1) is 8.52. The lowest BCUT2D eigenvalue weighted by Gasteiger charge is -1.99. The van der Waals surface area contributed by atoms with Crippen LogP contribution < -0.4 is 0 Å². The van der Waals surface area contributed by atoms with Gasteiger partial charge in [-0.15, -0.1) is 0 Å². The molecular weight excluding hydrogens is 156 g/mol. The second kappa shape index (κ2) is 3.21. The Balaban J connectivity index is 2.99. The third kappa shape index (κ3) is 1.72. The second-order valence-electron chi connectivity index (χ2n) is 2.51. The van der Waals surface area contributed by atoms with E-state index in [2.05, 4.69) is 5.10 Å². The smallest absolute Gasteiger partial charge is 0.328 e. The Kier molecular flexibility index (Phi) is 2.28. The van der Waals surface area contributed by atoms with Gasteiger partial charge in [0.2, 0.25) is 0 Å². The summed E-state index contributed by atoms with van der Waals surface area (Å²) in [5.41, 5.74) is 1.51. The molecule has 12 heavy (non-hydrogen) atoms. The SMILES string of the molecule is C/C(=C\C(=O)O)c1ccnn1C. The van der Waals surface area contributed by atoms with Crippen molar-refractivity contribution >= 4 is 11.5 Å². The van der Waals surface area contributed by atoms with Crippen LogP contribution in [0.5, 0.6) is 0 Å². The maximum atomic E-state index is 10.3. The highest BCUT2D eigenvalue weighted by atomic mass is 16.4. The van der Waals surface area contributed by atoms with Gasteiger partial charge in [0.1, 0.15) is 0 Å². The summed E-state index contributed by atoms with van der Waals surface area (Å²) in [7, 11) is 1.77. The van der Waals surface area contributed by atoms with Crippen LogP contribution in [0.4, 0.5) is 0 Å². The minimum atomic E-state index is -0.936. The fourth-order valence-electron chi connectivity index (χ4n) is 1.02. The lowest BCUT2D eigenvalue weighted by molar-refractivity contribution is -0.131. The molecule has 0 unspecified atom stereocenters. The molecule has 0 atom stereocenters. The number of carboxylic acids is 1. The molecule has 64 valence electrons. The number of allylic oxidation sites excluding steroid dienone is 1. The highest BCUT2D eigenvalue weighted by Crippen LogP contribution is 2.10. The normalized spacial score (nSPS) is 11.7. The lowest BCUT2D eigenvalue weighted by atomic mass is 10.2. The molecule has 0 saturated carbocycles. The Morgan fingerprint density at radius 3 is 2.83 bits per heavy atom. The van der Waals surface area contributed by atoms with Gasteiger partial charge >= 0.3 is 5.97 Å². The summed E-state index contributed by atoms with van der Waals surface area (Å²) in [6.45, 7) is 1.74. The van der Waals surface area contributed by atoms with E-state index >= 15 is 0 Å². The van der Waals surface area contributed by atoms with Crippen molar-refractivity contribution in [2.24, 2.45) is 7.05 Å². The van der Waals surface area contributed by atoms with Crippen LogP contribution in [-0.2, 0) is 11.8 Å². The Morgan fingerprint density at radius 2 is 2.42 bits per heavy atom. The third-order valence-electron chi connectivity index (χ3n) is 1.56. The highest BCUT2D eigenvalue weighted by molar-refractivity contribution is 5.88. The van der Waals surface area contributed by atoms with Crippen molar-refractivity contribution in [3.8, 4) is 0 Å². The predicted molar refractivity (Wildman–Crippen MR) is 44.5 cm³/mol. The van der Waals surface area contributed by atoms with Gasteiger partial charge in [-0.25, -0.2) is 4.79 Å². The maximum absolute atomic E-state index is 10.3. The monoisotopic (exact) mass is 166 g/mol. The van der Waals surface area contributed by atoms with E-state index in [1.807, 2.05) is 0 Å². The number of rotatable bonds is 2. The average molecular weight is 166 g/mol. The number of carboxylic acid groups (broad SMARTS) is 1. The number of nitrogens with zero attached hydrogens (tertiary/aromatic N) is 2. The first-order valence-corrected chi connectivity index (χ1v) is 3.51. The second-order valence-corrected chi connectivity index (χ2v) is 2.51. The quantitative estimate of drug-likeness (QED) is 0.664. The number of aryl methyl sites for hydroxylation is 1. The molecule has 0 fully saturated rings. The fourth-order valence-corrected chi connectivity index (χ4v) is 1.02. The summed E-state index contributed by atoms with van der Waals surface area (Å²) in [5, 5.41) is 12.4. The maximum Gasteiger partial charge on any atom is 0.328 e. The van der Waals surface area contributed by atoms with E-state index in [-0.39, 0.29) is 0 Å². The van der Waals surface area contributed by atoms with Gasteiger partial charge in [-0.1, -0.05) is 0 Å². The molecule has 0 aliphatic rings. The van der Waals surface area contributed by atoms with Gasteiger partial charge in [0.05, 0.1) is 5.69 Å². The summed E-state index contributed by atoms with van der Waals surface area (Å²) in [5.74, 6) is -0.936. The number of aromatic nitrogens is 2. The van der Waals surface area contributed by atoms with Crippen LogP contribution in [0.15, 0.2) is 18.3 Å². The van der Waals surface area contributed by atoms with Gasteiger partial charge < -0.3 is 5.11 Å². The molecule has 0 radical (unpaired) electrons. The van der Waals surface area contributed by atoms with Crippen LogP contribution in [-0.4, -0.2) is 20.9 Å². The van der Waals surface area contributed by atoms with Gasteiger partial charge in [0.25, 0.3) is 0 Å². The molecule has 1 N–H and O–H groups in total.